The summed E-state index contributed by atoms with van der Waals surface area (Å²) >= 11 is 6.08. The predicted molar refractivity (Wildman–Crippen MR) is 97.6 cm³/mol. The van der Waals surface area contributed by atoms with Crippen LogP contribution in [0.4, 0.5) is 5.69 Å². The van der Waals surface area contributed by atoms with Gasteiger partial charge in [-0.2, -0.15) is 0 Å². The lowest BCUT2D eigenvalue weighted by Gasteiger charge is -2.19. The highest BCUT2D eigenvalue weighted by atomic mass is 35.5. The van der Waals surface area contributed by atoms with Gasteiger partial charge in [0.05, 0.1) is 23.8 Å². The molecular weight excluding hydrogens is 370 g/mol. The maximum atomic E-state index is 12.9. The summed E-state index contributed by atoms with van der Waals surface area (Å²) in [5.74, 6) is -2.02. The van der Waals surface area contributed by atoms with Gasteiger partial charge in [-0.1, -0.05) is 23.3 Å². The van der Waals surface area contributed by atoms with Gasteiger partial charge < -0.3 is 9.15 Å². The van der Waals surface area contributed by atoms with Crippen LogP contribution >= 0.6 is 11.6 Å². The van der Waals surface area contributed by atoms with Crippen LogP contribution in [0.25, 0.3) is 0 Å². The van der Waals surface area contributed by atoms with Gasteiger partial charge in [0.1, 0.15) is 0 Å². The van der Waals surface area contributed by atoms with Crippen LogP contribution < -0.4 is 9.64 Å². The van der Waals surface area contributed by atoms with Gasteiger partial charge in [0, 0.05) is 5.02 Å². The molecule has 2 atom stereocenters. The van der Waals surface area contributed by atoms with Gasteiger partial charge in [0.15, 0.2) is 5.75 Å². The van der Waals surface area contributed by atoms with Crippen LogP contribution in [-0.2, 0) is 9.59 Å². The lowest BCUT2D eigenvalue weighted by atomic mass is 9.82. The van der Waals surface area contributed by atoms with Crippen LogP contribution in [0.5, 0.6) is 5.75 Å². The highest BCUT2D eigenvalue weighted by Gasteiger charge is 2.49. The van der Waals surface area contributed by atoms with Gasteiger partial charge in [-0.15, -0.1) is 0 Å². The number of benzene rings is 1. The van der Waals surface area contributed by atoms with E-state index < -0.39 is 17.8 Å². The quantitative estimate of drug-likeness (QED) is 0.345. The first kappa shape index (κ1) is 17.5. The summed E-state index contributed by atoms with van der Waals surface area (Å²) in [6.45, 7) is 1.95. The van der Waals surface area contributed by atoms with E-state index in [1.165, 1.54) is 30.5 Å². The SMILES string of the molecule is CC1=CC[C@@H]2C(=O)N(c3cc(Cl)ccc3OC(=O)c3ccco3)C(=O)[C@H]2C1. The van der Waals surface area contributed by atoms with Crippen molar-refractivity contribution < 1.29 is 23.5 Å². The summed E-state index contributed by atoms with van der Waals surface area (Å²) in [5, 5.41) is 0.326. The van der Waals surface area contributed by atoms with Gasteiger partial charge in [-0.05, 0) is 50.1 Å². The molecule has 1 saturated heterocycles. The first-order valence-electron chi connectivity index (χ1n) is 8.54. The average Bonchev–Trinajstić information content (AvgIpc) is 3.25. The summed E-state index contributed by atoms with van der Waals surface area (Å²) in [6.07, 6.45) is 4.42. The smallest absolute Gasteiger partial charge is 0.379 e. The van der Waals surface area contributed by atoms with Crippen molar-refractivity contribution in [1.82, 2.24) is 0 Å². The first-order valence-corrected chi connectivity index (χ1v) is 8.92. The van der Waals surface area contributed by atoms with E-state index in [1.807, 2.05) is 13.0 Å². The van der Waals surface area contributed by atoms with Gasteiger partial charge in [0.2, 0.25) is 17.6 Å². The molecule has 0 radical (unpaired) electrons. The maximum Gasteiger partial charge on any atom is 0.379 e. The number of allylic oxidation sites excluding steroid dienone is 2. The van der Waals surface area contributed by atoms with Crippen molar-refractivity contribution in [2.75, 3.05) is 4.90 Å². The van der Waals surface area contributed by atoms with Crippen molar-refractivity contribution >= 4 is 35.1 Å². The second-order valence-corrected chi connectivity index (χ2v) is 7.13. The molecule has 4 rings (SSSR count). The number of hydrogen-bond donors (Lipinski definition) is 0. The molecule has 0 unspecified atom stereocenters. The molecule has 6 nitrogen and oxygen atoms in total. The molecule has 1 aliphatic heterocycles. The fourth-order valence-corrected chi connectivity index (χ4v) is 3.74. The van der Waals surface area contributed by atoms with Gasteiger partial charge in [0.25, 0.3) is 0 Å². The number of esters is 1. The van der Waals surface area contributed by atoms with Crippen molar-refractivity contribution in [1.29, 1.82) is 0 Å². The summed E-state index contributed by atoms with van der Waals surface area (Å²) in [5.41, 5.74) is 1.26. The second kappa shape index (κ2) is 6.70. The molecule has 1 aromatic heterocycles. The molecule has 1 aliphatic carbocycles. The molecule has 0 spiro atoms. The van der Waals surface area contributed by atoms with E-state index in [1.54, 1.807) is 6.07 Å². The third kappa shape index (κ3) is 3.06. The fraction of sp³-hybridized carbons (Fsp3) is 0.250. The van der Waals surface area contributed by atoms with Crippen LogP contribution in [-0.4, -0.2) is 17.8 Å². The Bertz CT molecular complexity index is 963. The van der Waals surface area contributed by atoms with E-state index >= 15 is 0 Å². The maximum absolute atomic E-state index is 12.9. The number of ether oxygens (including phenoxy) is 1. The van der Waals surface area contributed by atoms with E-state index in [-0.39, 0.29) is 29.0 Å². The molecule has 2 heterocycles. The summed E-state index contributed by atoms with van der Waals surface area (Å²) in [7, 11) is 0. The Hall–Kier alpha value is -2.86. The summed E-state index contributed by atoms with van der Waals surface area (Å²) in [6, 6.07) is 7.48. The van der Waals surface area contributed by atoms with Gasteiger partial charge in [-0.25, -0.2) is 9.69 Å². The molecule has 7 heteroatoms. The number of nitrogens with zero attached hydrogens (tertiary/aromatic N) is 1. The number of rotatable bonds is 3. The minimum Gasteiger partial charge on any atom is -0.457 e. The normalized spacial score (nSPS) is 21.9. The molecule has 0 bridgehead atoms. The molecule has 2 amide bonds. The lowest BCUT2D eigenvalue weighted by Crippen LogP contribution is -2.31. The number of amides is 2. The Morgan fingerprint density at radius 2 is 2.00 bits per heavy atom. The van der Waals surface area contributed by atoms with Gasteiger partial charge in [-0.3, -0.25) is 9.59 Å². The zero-order valence-electron chi connectivity index (χ0n) is 14.5. The molecule has 1 aromatic carbocycles. The molecule has 0 saturated carbocycles. The Labute approximate surface area is 160 Å². The monoisotopic (exact) mass is 385 g/mol. The number of furan rings is 1. The van der Waals surface area contributed by atoms with E-state index in [2.05, 4.69) is 0 Å². The third-order valence-electron chi connectivity index (χ3n) is 4.91. The van der Waals surface area contributed by atoms with E-state index in [0.29, 0.717) is 17.9 Å². The zero-order chi connectivity index (χ0) is 19.1. The highest BCUT2D eigenvalue weighted by molar-refractivity contribution is 6.31. The summed E-state index contributed by atoms with van der Waals surface area (Å²) < 4.78 is 10.4. The minimum atomic E-state index is -0.724. The van der Waals surface area contributed by atoms with Crippen molar-refractivity contribution in [3.8, 4) is 5.75 Å². The number of imide groups is 1. The molecule has 2 aliphatic rings. The predicted octanol–water partition coefficient (Wildman–Crippen LogP) is 4.00. The number of halogens is 1. The third-order valence-corrected chi connectivity index (χ3v) is 5.15. The number of carbonyl (C=O) groups is 3. The number of fused-ring (bicyclic) bond motifs is 1. The molecular formula is C20H16ClNO5. The Balaban J connectivity index is 1.69. The largest absolute Gasteiger partial charge is 0.457 e. The first-order chi connectivity index (χ1) is 13.0. The fourth-order valence-electron chi connectivity index (χ4n) is 3.57. The lowest BCUT2D eigenvalue weighted by molar-refractivity contribution is -0.122. The Morgan fingerprint density at radius 3 is 2.74 bits per heavy atom. The topological polar surface area (TPSA) is 76.8 Å². The van der Waals surface area contributed by atoms with E-state index in [4.69, 9.17) is 20.8 Å². The highest BCUT2D eigenvalue weighted by Crippen LogP contribution is 2.43. The average molecular weight is 386 g/mol. The van der Waals surface area contributed by atoms with Crippen molar-refractivity contribution in [3.63, 3.8) is 0 Å². The molecule has 2 aromatic rings. The number of hydrogen-bond acceptors (Lipinski definition) is 5. The zero-order valence-corrected chi connectivity index (χ0v) is 15.2. The van der Waals surface area contributed by atoms with Crippen LogP contribution in [0, 0.1) is 11.8 Å². The summed E-state index contributed by atoms with van der Waals surface area (Å²) in [4.78, 5) is 39.2. The molecule has 138 valence electrons. The van der Waals surface area contributed by atoms with Crippen molar-refractivity contribution in [2.45, 2.75) is 19.8 Å². The molecule has 27 heavy (non-hydrogen) atoms. The molecule has 1 fully saturated rings. The minimum absolute atomic E-state index is 0.0171. The Kier molecular flexibility index (Phi) is 4.36. The van der Waals surface area contributed by atoms with Crippen LogP contribution in [0.1, 0.15) is 30.3 Å². The number of anilines is 1. The van der Waals surface area contributed by atoms with Crippen molar-refractivity contribution in [2.24, 2.45) is 11.8 Å². The van der Waals surface area contributed by atoms with Crippen LogP contribution in [0.2, 0.25) is 5.02 Å². The van der Waals surface area contributed by atoms with Crippen molar-refractivity contribution in [3.05, 3.63) is 59.0 Å². The molecule has 0 N–H and O–H groups in total. The Morgan fingerprint density at radius 1 is 1.22 bits per heavy atom. The standard InChI is InChI=1S/C20H16ClNO5/c1-11-4-6-13-14(9-11)19(24)22(18(13)23)15-10-12(21)5-7-16(15)27-20(25)17-3-2-8-26-17/h2-5,7-8,10,13-14H,6,9H2,1H3/t13-,14-/m0/s1. The van der Waals surface area contributed by atoms with Gasteiger partial charge >= 0.3 is 5.97 Å². The van der Waals surface area contributed by atoms with Crippen LogP contribution in [0.15, 0.2) is 52.7 Å². The number of carbonyl (C=O) groups excluding carboxylic acids is 3. The van der Waals surface area contributed by atoms with E-state index in [9.17, 15) is 14.4 Å². The second-order valence-electron chi connectivity index (χ2n) is 6.69. The van der Waals surface area contributed by atoms with E-state index in [0.717, 1.165) is 10.5 Å². The van der Waals surface area contributed by atoms with Crippen LogP contribution in [0.3, 0.4) is 0 Å².